The van der Waals surface area contributed by atoms with E-state index in [1.54, 1.807) is 24.3 Å². The van der Waals surface area contributed by atoms with Crippen molar-refractivity contribution >= 4 is 23.2 Å². The first-order valence-corrected chi connectivity index (χ1v) is 11.4. The van der Waals surface area contributed by atoms with Crippen LogP contribution in [0.1, 0.15) is 31.8 Å². The van der Waals surface area contributed by atoms with Crippen LogP contribution in [-0.4, -0.2) is 54.8 Å². The van der Waals surface area contributed by atoms with E-state index in [4.69, 9.17) is 0 Å². The molecule has 4 rings (SSSR count). The van der Waals surface area contributed by atoms with Crippen molar-refractivity contribution in [2.45, 2.75) is 13.5 Å². The number of nitrogens with zero attached hydrogens (tertiary/aromatic N) is 2. The van der Waals surface area contributed by atoms with E-state index < -0.39 is 11.7 Å². The van der Waals surface area contributed by atoms with E-state index in [1.165, 1.54) is 18.2 Å². The van der Waals surface area contributed by atoms with Crippen LogP contribution in [0.25, 0.3) is 0 Å². The number of carbonyl (C=O) groups is 2. The van der Waals surface area contributed by atoms with Crippen molar-refractivity contribution in [2.24, 2.45) is 0 Å². The lowest BCUT2D eigenvalue weighted by Crippen LogP contribution is -2.43. The van der Waals surface area contributed by atoms with Crippen LogP contribution in [0.2, 0.25) is 0 Å². The predicted octanol–water partition coefficient (Wildman–Crippen LogP) is 4.39. The van der Waals surface area contributed by atoms with Gasteiger partial charge in [0.25, 0.3) is 11.8 Å². The molecule has 2 N–H and O–H groups in total. The summed E-state index contributed by atoms with van der Waals surface area (Å²) in [7, 11) is 2.13. The number of benzene rings is 3. The maximum absolute atomic E-state index is 14.0. The Bertz CT molecular complexity index is 1190. The average molecular weight is 461 g/mol. The fourth-order valence-corrected chi connectivity index (χ4v) is 3.95. The lowest BCUT2D eigenvalue weighted by Gasteiger charge is -2.32. The number of halogens is 1. The Kier molecular flexibility index (Phi) is 7.35. The molecule has 0 aliphatic carbocycles. The van der Waals surface area contributed by atoms with Crippen LogP contribution in [-0.2, 0) is 6.54 Å². The fraction of sp³-hybridized carbons (Fsp3) is 0.259. The van der Waals surface area contributed by atoms with Crippen molar-refractivity contribution < 1.29 is 14.0 Å². The molecule has 1 heterocycles. The highest BCUT2D eigenvalue weighted by Crippen LogP contribution is 2.21. The van der Waals surface area contributed by atoms with Crippen LogP contribution in [0.15, 0.2) is 66.7 Å². The number of rotatable bonds is 6. The van der Waals surface area contributed by atoms with Crippen LogP contribution < -0.4 is 10.6 Å². The molecule has 0 radical (unpaired) electrons. The van der Waals surface area contributed by atoms with E-state index >= 15 is 0 Å². The second kappa shape index (κ2) is 10.6. The smallest absolute Gasteiger partial charge is 0.258 e. The number of anilines is 2. The molecule has 0 atom stereocenters. The number of hydrogen-bond acceptors (Lipinski definition) is 4. The Morgan fingerprint density at radius 3 is 2.41 bits per heavy atom. The van der Waals surface area contributed by atoms with E-state index in [2.05, 4.69) is 33.5 Å². The molecule has 7 heteroatoms. The molecular weight excluding hydrogens is 431 g/mol. The molecule has 0 spiro atoms. The van der Waals surface area contributed by atoms with Crippen LogP contribution in [0.5, 0.6) is 0 Å². The Morgan fingerprint density at radius 2 is 1.65 bits per heavy atom. The third kappa shape index (κ3) is 5.87. The molecule has 3 aromatic rings. The second-order valence-corrected chi connectivity index (χ2v) is 8.70. The molecular formula is C27H29FN4O2. The van der Waals surface area contributed by atoms with Gasteiger partial charge < -0.3 is 15.5 Å². The Balaban J connectivity index is 1.43. The first kappa shape index (κ1) is 23.6. The minimum Gasteiger partial charge on any atom is -0.322 e. The molecule has 0 unspecified atom stereocenters. The molecule has 1 fully saturated rings. The van der Waals surface area contributed by atoms with Crippen molar-refractivity contribution in [1.29, 1.82) is 0 Å². The van der Waals surface area contributed by atoms with Gasteiger partial charge in [-0.15, -0.1) is 0 Å². The maximum Gasteiger partial charge on any atom is 0.258 e. The summed E-state index contributed by atoms with van der Waals surface area (Å²) in [6, 6.07) is 18.7. The number of hydrogen-bond donors (Lipinski definition) is 2. The zero-order valence-corrected chi connectivity index (χ0v) is 19.5. The monoisotopic (exact) mass is 460 g/mol. The van der Waals surface area contributed by atoms with Crippen molar-refractivity contribution in [3.05, 3.63) is 94.8 Å². The van der Waals surface area contributed by atoms with Crippen LogP contribution in [0.3, 0.4) is 0 Å². The van der Waals surface area contributed by atoms with Crippen molar-refractivity contribution in [2.75, 3.05) is 43.9 Å². The van der Waals surface area contributed by atoms with Gasteiger partial charge in [0, 0.05) is 49.7 Å². The molecule has 3 aromatic carbocycles. The summed E-state index contributed by atoms with van der Waals surface area (Å²) in [6.07, 6.45) is 0. The summed E-state index contributed by atoms with van der Waals surface area (Å²) < 4.78 is 14.0. The van der Waals surface area contributed by atoms with Crippen LogP contribution in [0.4, 0.5) is 15.8 Å². The minimum atomic E-state index is -0.594. The van der Waals surface area contributed by atoms with E-state index in [0.29, 0.717) is 16.9 Å². The summed E-state index contributed by atoms with van der Waals surface area (Å²) in [5, 5.41) is 5.66. The lowest BCUT2D eigenvalue weighted by molar-refractivity contribution is 0.101. The second-order valence-electron chi connectivity index (χ2n) is 8.70. The van der Waals surface area contributed by atoms with Crippen molar-refractivity contribution in [1.82, 2.24) is 9.80 Å². The first-order valence-electron chi connectivity index (χ1n) is 11.4. The summed E-state index contributed by atoms with van der Waals surface area (Å²) in [5.74, 6) is -1.43. The Morgan fingerprint density at radius 1 is 0.882 bits per heavy atom. The van der Waals surface area contributed by atoms with Gasteiger partial charge in [0.05, 0.1) is 5.56 Å². The highest BCUT2D eigenvalue weighted by atomic mass is 19.1. The van der Waals surface area contributed by atoms with Crippen LogP contribution in [0, 0.1) is 12.7 Å². The molecule has 6 nitrogen and oxygen atoms in total. The number of carbonyl (C=O) groups excluding carboxylic acids is 2. The van der Waals surface area contributed by atoms with Gasteiger partial charge >= 0.3 is 0 Å². The molecule has 1 aliphatic rings. The summed E-state index contributed by atoms with van der Waals surface area (Å²) in [5.41, 5.74) is 3.45. The lowest BCUT2D eigenvalue weighted by atomic mass is 10.1. The third-order valence-electron chi connectivity index (χ3n) is 6.05. The SMILES string of the molecule is Cc1ccc(C(=O)Nc2cccc(CN3CCN(C)CC3)c2)cc1NC(=O)c1ccccc1F. The molecule has 2 amide bonds. The van der Waals surface area contributed by atoms with Gasteiger partial charge in [-0.3, -0.25) is 14.5 Å². The van der Waals surface area contributed by atoms with Gasteiger partial charge in [-0.25, -0.2) is 4.39 Å². The number of aryl methyl sites for hydroxylation is 1. The van der Waals surface area contributed by atoms with E-state index in [-0.39, 0.29) is 11.5 Å². The standard InChI is InChI=1S/C27H29FN4O2/c1-19-10-11-21(17-25(19)30-27(34)23-8-3-4-9-24(23)28)26(33)29-22-7-5-6-20(16-22)18-32-14-12-31(2)13-15-32/h3-11,16-17H,12-15,18H2,1-2H3,(H,29,33)(H,30,34). The van der Waals surface area contributed by atoms with Gasteiger partial charge in [0.15, 0.2) is 0 Å². The normalized spacial score (nSPS) is 14.6. The number of amides is 2. The highest BCUT2D eigenvalue weighted by molar-refractivity contribution is 6.07. The molecule has 0 saturated carbocycles. The van der Waals surface area contributed by atoms with Gasteiger partial charge in [-0.1, -0.05) is 30.3 Å². The number of nitrogens with one attached hydrogen (secondary N) is 2. The molecule has 1 aliphatic heterocycles. The zero-order valence-electron chi connectivity index (χ0n) is 19.5. The maximum atomic E-state index is 14.0. The van der Waals surface area contributed by atoms with E-state index in [0.717, 1.165) is 43.9 Å². The number of likely N-dealkylation sites (N-methyl/N-ethyl adjacent to an activating group) is 1. The largest absolute Gasteiger partial charge is 0.322 e. The average Bonchev–Trinajstić information content (AvgIpc) is 2.82. The van der Waals surface area contributed by atoms with Gasteiger partial charge in [-0.05, 0) is 61.5 Å². The Labute approximate surface area is 199 Å². The minimum absolute atomic E-state index is 0.0473. The van der Waals surface area contributed by atoms with Gasteiger partial charge in [0.1, 0.15) is 5.82 Å². The molecule has 0 bridgehead atoms. The molecule has 176 valence electrons. The summed E-state index contributed by atoms with van der Waals surface area (Å²) >= 11 is 0. The highest BCUT2D eigenvalue weighted by Gasteiger charge is 2.16. The zero-order chi connectivity index (χ0) is 24.1. The Hall–Kier alpha value is -3.55. The van der Waals surface area contributed by atoms with Gasteiger partial charge in [-0.2, -0.15) is 0 Å². The van der Waals surface area contributed by atoms with Crippen molar-refractivity contribution in [3.8, 4) is 0 Å². The summed E-state index contributed by atoms with van der Waals surface area (Å²) in [6.45, 7) is 6.82. The van der Waals surface area contributed by atoms with Crippen molar-refractivity contribution in [3.63, 3.8) is 0 Å². The third-order valence-corrected chi connectivity index (χ3v) is 6.05. The number of piperazine rings is 1. The fourth-order valence-electron chi connectivity index (χ4n) is 3.95. The topological polar surface area (TPSA) is 64.7 Å². The van der Waals surface area contributed by atoms with E-state index in [9.17, 15) is 14.0 Å². The first-order chi connectivity index (χ1) is 16.4. The van der Waals surface area contributed by atoms with Gasteiger partial charge in [0.2, 0.25) is 0 Å². The van der Waals surface area contributed by atoms with Crippen LogP contribution >= 0.6 is 0 Å². The van der Waals surface area contributed by atoms with E-state index in [1.807, 2.05) is 25.1 Å². The molecule has 0 aromatic heterocycles. The summed E-state index contributed by atoms with van der Waals surface area (Å²) in [4.78, 5) is 30.2. The predicted molar refractivity (Wildman–Crippen MR) is 133 cm³/mol. The quantitative estimate of drug-likeness (QED) is 0.573. The molecule has 1 saturated heterocycles. The molecule has 34 heavy (non-hydrogen) atoms.